The lowest BCUT2D eigenvalue weighted by atomic mass is 10.0. The first-order chi connectivity index (χ1) is 10.6. The van der Waals surface area contributed by atoms with E-state index in [0.717, 1.165) is 0 Å². The highest BCUT2D eigenvalue weighted by molar-refractivity contribution is 6.09. The summed E-state index contributed by atoms with van der Waals surface area (Å²) in [7, 11) is 2.92. The van der Waals surface area contributed by atoms with Crippen LogP contribution in [0.3, 0.4) is 0 Å². The smallest absolute Gasteiger partial charge is 0.313 e. The number of para-hydroxylation sites is 2. The molecule has 22 heavy (non-hydrogen) atoms. The summed E-state index contributed by atoms with van der Waals surface area (Å²) < 4.78 is 10.1. The van der Waals surface area contributed by atoms with E-state index >= 15 is 0 Å². The van der Waals surface area contributed by atoms with Crippen LogP contribution in [-0.4, -0.2) is 32.6 Å². The lowest BCUT2D eigenvalue weighted by Gasteiger charge is -2.25. The second-order valence-electron chi connectivity index (χ2n) is 5.03. The summed E-state index contributed by atoms with van der Waals surface area (Å²) in [6.07, 6.45) is 3.17. The van der Waals surface area contributed by atoms with Crippen LogP contribution in [0.25, 0.3) is 0 Å². The number of hydrogen-bond acceptors (Lipinski definition) is 4. The van der Waals surface area contributed by atoms with Crippen molar-refractivity contribution in [1.82, 2.24) is 0 Å². The summed E-state index contributed by atoms with van der Waals surface area (Å²) in [4.78, 5) is 26.3. The third-order valence-electron chi connectivity index (χ3n) is 3.87. The quantitative estimate of drug-likeness (QED) is 0.784. The lowest BCUT2D eigenvalue weighted by molar-refractivity contribution is -0.144. The Hall–Kier alpha value is -2.30. The summed E-state index contributed by atoms with van der Waals surface area (Å²) in [5.41, 5.74) is 1.22. The van der Waals surface area contributed by atoms with E-state index in [-0.39, 0.29) is 11.9 Å². The zero-order valence-electron chi connectivity index (χ0n) is 13.2. The van der Waals surface area contributed by atoms with E-state index in [2.05, 4.69) is 0 Å². The Morgan fingerprint density at radius 1 is 1.27 bits per heavy atom. The molecule has 0 heterocycles. The fourth-order valence-corrected chi connectivity index (χ4v) is 2.76. The normalized spacial score (nSPS) is 16.9. The average Bonchev–Trinajstić information content (AvgIpc) is 3.04. The van der Waals surface area contributed by atoms with E-state index in [1.165, 1.54) is 7.11 Å². The molecule has 0 spiro atoms. The second kappa shape index (κ2) is 7.11. The van der Waals surface area contributed by atoms with Crippen molar-refractivity contribution < 1.29 is 19.1 Å². The van der Waals surface area contributed by atoms with E-state index in [1.54, 1.807) is 12.0 Å². The molecule has 1 aromatic rings. The molecule has 1 unspecified atom stereocenters. The molecule has 0 saturated carbocycles. The van der Waals surface area contributed by atoms with Crippen molar-refractivity contribution in [2.75, 3.05) is 25.7 Å². The summed E-state index contributed by atoms with van der Waals surface area (Å²) in [5, 5.41) is 0. The first-order valence-corrected chi connectivity index (χ1v) is 7.36. The van der Waals surface area contributed by atoms with Gasteiger partial charge in [-0.05, 0) is 31.9 Å². The number of benzene rings is 1. The highest BCUT2D eigenvalue weighted by Crippen LogP contribution is 2.33. The molecule has 5 nitrogen and oxygen atoms in total. The molecule has 1 aliphatic carbocycles. The van der Waals surface area contributed by atoms with Crippen molar-refractivity contribution in [2.45, 2.75) is 19.8 Å². The summed E-state index contributed by atoms with van der Waals surface area (Å²) in [6, 6.07) is 7.36. The van der Waals surface area contributed by atoms with Gasteiger partial charge in [0.2, 0.25) is 0 Å². The zero-order chi connectivity index (χ0) is 16.1. The molecule has 0 bridgehead atoms. The fraction of sp³-hybridized carbons (Fsp3) is 0.412. The van der Waals surface area contributed by atoms with Crippen molar-refractivity contribution in [3.05, 3.63) is 35.9 Å². The van der Waals surface area contributed by atoms with Gasteiger partial charge in [-0.2, -0.15) is 0 Å². The van der Waals surface area contributed by atoms with Crippen molar-refractivity contribution in [2.24, 2.45) is 5.92 Å². The molecule has 0 radical (unpaired) electrons. The van der Waals surface area contributed by atoms with Crippen molar-refractivity contribution in [3.63, 3.8) is 0 Å². The third kappa shape index (κ3) is 2.98. The standard InChI is InChI=1S/C17H21NO4/c1-4-18(14-10-5-6-11-15(14)21-2)16(19)12-8-7-9-13(12)17(20)22-3/h5-6,8,10-11,13H,4,7,9H2,1-3H3. The molecule has 1 amide bonds. The largest absolute Gasteiger partial charge is 0.495 e. The number of anilines is 1. The van der Waals surface area contributed by atoms with Gasteiger partial charge in [0.25, 0.3) is 5.91 Å². The van der Waals surface area contributed by atoms with Crippen LogP contribution >= 0.6 is 0 Å². The van der Waals surface area contributed by atoms with E-state index in [0.29, 0.717) is 36.4 Å². The molecule has 0 saturated heterocycles. The van der Waals surface area contributed by atoms with Crippen LogP contribution in [0.4, 0.5) is 5.69 Å². The van der Waals surface area contributed by atoms with Crippen LogP contribution in [0, 0.1) is 5.92 Å². The Morgan fingerprint density at radius 2 is 2.00 bits per heavy atom. The fourth-order valence-electron chi connectivity index (χ4n) is 2.76. The molecular formula is C17H21NO4. The Kier molecular flexibility index (Phi) is 5.20. The molecule has 0 aliphatic heterocycles. The highest BCUT2D eigenvalue weighted by atomic mass is 16.5. The molecule has 0 aromatic heterocycles. The van der Waals surface area contributed by atoms with Gasteiger partial charge in [-0.25, -0.2) is 0 Å². The third-order valence-corrected chi connectivity index (χ3v) is 3.87. The minimum atomic E-state index is -0.471. The first-order valence-electron chi connectivity index (χ1n) is 7.36. The van der Waals surface area contributed by atoms with E-state index < -0.39 is 5.92 Å². The number of hydrogen-bond donors (Lipinski definition) is 0. The number of carbonyl (C=O) groups is 2. The highest BCUT2D eigenvalue weighted by Gasteiger charge is 2.34. The topological polar surface area (TPSA) is 55.8 Å². The Bertz CT molecular complexity index is 594. The molecule has 118 valence electrons. The minimum Gasteiger partial charge on any atom is -0.495 e. The number of esters is 1. The van der Waals surface area contributed by atoms with Gasteiger partial charge in [0.1, 0.15) is 5.75 Å². The summed E-state index contributed by atoms with van der Waals surface area (Å²) in [6.45, 7) is 2.39. The van der Waals surface area contributed by atoms with E-state index in [9.17, 15) is 9.59 Å². The maximum Gasteiger partial charge on any atom is 0.313 e. The van der Waals surface area contributed by atoms with E-state index in [1.807, 2.05) is 37.3 Å². The van der Waals surface area contributed by atoms with Gasteiger partial charge < -0.3 is 14.4 Å². The Morgan fingerprint density at radius 3 is 2.64 bits per heavy atom. The first kappa shape index (κ1) is 16.1. The molecular weight excluding hydrogens is 282 g/mol. The van der Waals surface area contributed by atoms with Gasteiger partial charge in [-0.3, -0.25) is 9.59 Å². The molecule has 0 fully saturated rings. The summed E-state index contributed by atoms with van der Waals surface area (Å²) in [5.74, 6) is -0.361. The number of amides is 1. The van der Waals surface area contributed by atoms with Crippen molar-refractivity contribution in [1.29, 1.82) is 0 Å². The maximum atomic E-state index is 12.9. The number of likely N-dealkylation sites (N-methyl/N-ethyl adjacent to an activating group) is 1. The minimum absolute atomic E-state index is 0.167. The van der Waals surface area contributed by atoms with Crippen LogP contribution in [0.5, 0.6) is 5.75 Å². The summed E-state index contributed by atoms with van der Waals surface area (Å²) >= 11 is 0. The van der Waals surface area contributed by atoms with Gasteiger partial charge in [0.15, 0.2) is 0 Å². The predicted molar refractivity (Wildman–Crippen MR) is 83.8 cm³/mol. The Balaban J connectivity index is 2.31. The molecule has 2 rings (SSSR count). The number of nitrogens with zero attached hydrogens (tertiary/aromatic N) is 1. The molecule has 1 atom stereocenters. The molecule has 5 heteroatoms. The van der Waals surface area contributed by atoms with Crippen LogP contribution in [0.1, 0.15) is 19.8 Å². The number of methoxy groups -OCH3 is 2. The number of rotatable bonds is 5. The van der Waals surface area contributed by atoms with Crippen LogP contribution in [-0.2, 0) is 14.3 Å². The van der Waals surface area contributed by atoms with Gasteiger partial charge >= 0.3 is 5.97 Å². The second-order valence-corrected chi connectivity index (χ2v) is 5.03. The molecule has 1 aliphatic rings. The number of allylic oxidation sites excluding steroid dienone is 1. The average molecular weight is 303 g/mol. The molecule has 1 aromatic carbocycles. The number of carbonyl (C=O) groups excluding carboxylic acids is 2. The monoisotopic (exact) mass is 303 g/mol. The zero-order valence-corrected chi connectivity index (χ0v) is 13.2. The predicted octanol–water partition coefficient (Wildman–Crippen LogP) is 2.56. The Labute approximate surface area is 130 Å². The van der Waals surface area contributed by atoms with Crippen molar-refractivity contribution in [3.8, 4) is 5.75 Å². The van der Waals surface area contributed by atoms with Crippen LogP contribution < -0.4 is 9.64 Å². The van der Waals surface area contributed by atoms with Crippen molar-refractivity contribution >= 4 is 17.6 Å². The number of ether oxygens (including phenoxy) is 2. The SMILES string of the molecule is CCN(C(=O)C1=CCCC1C(=O)OC)c1ccccc1OC. The van der Waals surface area contributed by atoms with Gasteiger partial charge in [0, 0.05) is 12.1 Å². The molecule has 0 N–H and O–H groups in total. The maximum absolute atomic E-state index is 12.9. The van der Waals surface area contributed by atoms with Crippen LogP contribution in [0.2, 0.25) is 0 Å². The van der Waals surface area contributed by atoms with E-state index in [4.69, 9.17) is 9.47 Å². The van der Waals surface area contributed by atoms with Gasteiger partial charge in [-0.15, -0.1) is 0 Å². The van der Waals surface area contributed by atoms with Crippen LogP contribution in [0.15, 0.2) is 35.9 Å². The van der Waals surface area contributed by atoms with Gasteiger partial charge in [0.05, 0.1) is 25.8 Å². The lowest BCUT2D eigenvalue weighted by Crippen LogP contribution is -2.35. The van der Waals surface area contributed by atoms with Gasteiger partial charge in [-0.1, -0.05) is 18.2 Å².